The van der Waals surface area contributed by atoms with E-state index in [1.807, 2.05) is 19.2 Å². The van der Waals surface area contributed by atoms with E-state index in [-0.39, 0.29) is 5.95 Å². The smallest absolute Gasteiger partial charge is 0.223 e. The number of hydrogen-bond donors (Lipinski definition) is 2. The monoisotopic (exact) mass is 453 g/mol. The highest BCUT2D eigenvalue weighted by Crippen LogP contribution is 2.36. The molecule has 5 rings (SSSR count). The minimum atomic E-state index is 0.155. The second kappa shape index (κ2) is 7.51. The van der Waals surface area contributed by atoms with Gasteiger partial charge in [0.15, 0.2) is 5.13 Å². The number of anilines is 3. The Labute approximate surface area is 187 Å². The molecule has 0 atom stereocenters. The number of halogens is 1. The molecule has 0 spiro atoms. The molecule has 0 amide bonds. The fraction of sp³-hybridized carbons (Fsp3) is 0.238. The molecule has 4 heterocycles. The minimum Gasteiger partial charge on any atom is -0.491 e. The molecule has 31 heavy (non-hydrogen) atoms. The topological polar surface area (TPSA) is 116 Å². The standard InChI is InChI=1S/C21H20ClN7OS/c1-10-5-12(13-7-15-19(25-8-13)31-21(24)26-15)6-14-9-29(3-4-30-16(10)14)18-11(2)17(22)27-20(23)28-18/h5-8H,3-4,9H2,1-2H3,(H2,24,26)(H2,23,27,28). The Morgan fingerprint density at radius 3 is 2.77 bits per heavy atom. The molecule has 10 heteroatoms. The summed E-state index contributed by atoms with van der Waals surface area (Å²) in [5.41, 5.74) is 17.4. The van der Waals surface area contributed by atoms with Gasteiger partial charge in [-0.05, 0) is 43.2 Å². The molecule has 0 bridgehead atoms. The summed E-state index contributed by atoms with van der Waals surface area (Å²) < 4.78 is 6.10. The van der Waals surface area contributed by atoms with Gasteiger partial charge in [0.1, 0.15) is 33.7 Å². The summed E-state index contributed by atoms with van der Waals surface area (Å²) in [4.78, 5) is 20.3. The maximum atomic E-state index is 6.25. The third kappa shape index (κ3) is 3.60. The summed E-state index contributed by atoms with van der Waals surface area (Å²) in [6.07, 6.45) is 1.85. The van der Waals surface area contributed by atoms with Crippen LogP contribution in [-0.2, 0) is 6.54 Å². The molecule has 1 aliphatic rings. The SMILES string of the molecule is Cc1cc(-c2cnc3sc(N)nc3c2)cc2c1OCCN(c1nc(N)nc(Cl)c1C)C2. The Hall–Kier alpha value is -3.17. The zero-order valence-corrected chi connectivity index (χ0v) is 18.6. The van der Waals surface area contributed by atoms with E-state index < -0.39 is 0 Å². The quantitative estimate of drug-likeness (QED) is 0.438. The number of rotatable bonds is 2. The van der Waals surface area contributed by atoms with Crippen molar-refractivity contribution in [2.45, 2.75) is 20.4 Å². The van der Waals surface area contributed by atoms with Crippen LogP contribution in [0.1, 0.15) is 16.7 Å². The fourth-order valence-electron chi connectivity index (χ4n) is 3.86. The number of nitrogens with two attached hydrogens (primary N) is 2. The molecule has 0 unspecified atom stereocenters. The molecule has 0 radical (unpaired) electrons. The first-order chi connectivity index (χ1) is 14.9. The summed E-state index contributed by atoms with van der Waals surface area (Å²) in [7, 11) is 0. The first-order valence-corrected chi connectivity index (χ1v) is 10.9. The first-order valence-electron chi connectivity index (χ1n) is 9.72. The van der Waals surface area contributed by atoms with Gasteiger partial charge in [0, 0.05) is 29.4 Å². The number of thiazole rings is 1. The van der Waals surface area contributed by atoms with Crippen LogP contribution in [0.5, 0.6) is 5.75 Å². The summed E-state index contributed by atoms with van der Waals surface area (Å²) >= 11 is 7.63. The number of aromatic nitrogens is 4. The Balaban J connectivity index is 1.57. The zero-order chi connectivity index (χ0) is 21.7. The molecule has 8 nitrogen and oxygen atoms in total. The molecule has 1 aliphatic heterocycles. The largest absolute Gasteiger partial charge is 0.491 e. The Kier molecular flexibility index (Phi) is 4.79. The van der Waals surface area contributed by atoms with Crippen LogP contribution >= 0.6 is 22.9 Å². The maximum absolute atomic E-state index is 6.25. The molecule has 4 N–H and O–H groups in total. The van der Waals surface area contributed by atoms with Gasteiger partial charge < -0.3 is 21.1 Å². The summed E-state index contributed by atoms with van der Waals surface area (Å²) in [5.74, 6) is 1.77. The molecule has 1 aromatic carbocycles. The number of fused-ring (bicyclic) bond motifs is 2. The summed E-state index contributed by atoms with van der Waals surface area (Å²) in [5, 5.41) is 0.875. The third-order valence-electron chi connectivity index (χ3n) is 5.30. The van der Waals surface area contributed by atoms with Crippen LogP contribution in [-0.4, -0.2) is 33.1 Å². The van der Waals surface area contributed by atoms with E-state index in [1.165, 1.54) is 11.3 Å². The average molecular weight is 454 g/mol. The number of ether oxygens (including phenoxy) is 1. The highest BCUT2D eigenvalue weighted by molar-refractivity contribution is 7.21. The molecule has 0 fully saturated rings. The van der Waals surface area contributed by atoms with Crippen molar-refractivity contribution in [1.29, 1.82) is 0 Å². The van der Waals surface area contributed by atoms with Gasteiger partial charge in [-0.25, -0.2) is 15.0 Å². The highest BCUT2D eigenvalue weighted by atomic mass is 35.5. The van der Waals surface area contributed by atoms with Gasteiger partial charge in [0.25, 0.3) is 0 Å². The van der Waals surface area contributed by atoms with Gasteiger partial charge in [-0.2, -0.15) is 4.98 Å². The highest BCUT2D eigenvalue weighted by Gasteiger charge is 2.22. The van der Waals surface area contributed by atoms with Gasteiger partial charge in [-0.3, -0.25) is 0 Å². The van der Waals surface area contributed by atoms with E-state index in [1.54, 1.807) is 0 Å². The van der Waals surface area contributed by atoms with E-state index >= 15 is 0 Å². The van der Waals surface area contributed by atoms with Gasteiger partial charge in [-0.15, -0.1) is 0 Å². The number of nitrogens with zero attached hydrogens (tertiary/aromatic N) is 5. The van der Waals surface area contributed by atoms with Gasteiger partial charge in [0.2, 0.25) is 5.95 Å². The second-order valence-corrected chi connectivity index (χ2v) is 8.84. The number of nitrogen functional groups attached to an aromatic ring is 2. The van der Waals surface area contributed by atoms with Gasteiger partial charge in [-0.1, -0.05) is 22.9 Å². The van der Waals surface area contributed by atoms with E-state index in [0.717, 1.165) is 49.7 Å². The van der Waals surface area contributed by atoms with Crippen molar-refractivity contribution in [1.82, 2.24) is 19.9 Å². The molecule has 4 aromatic rings. The van der Waals surface area contributed by atoms with Crippen LogP contribution < -0.4 is 21.1 Å². The zero-order valence-electron chi connectivity index (χ0n) is 17.0. The lowest BCUT2D eigenvalue weighted by atomic mass is 9.99. The number of aryl methyl sites for hydroxylation is 1. The molecule has 158 valence electrons. The van der Waals surface area contributed by atoms with E-state index in [0.29, 0.717) is 30.0 Å². The van der Waals surface area contributed by atoms with Crippen LogP contribution in [0.25, 0.3) is 21.5 Å². The predicted molar refractivity (Wildman–Crippen MR) is 125 cm³/mol. The number of pyridine rings is 1. The lowest BCUT2D eigenvalue weighted by Gasteiger charge is -2.23. The first kappa shape index (κ1) is 19.8. The molecule has 3 aromatic heterocycles. The molecular formula is C21H20ClN7OS. The predicted octanol–water partition coefficient (Wildman–Crippen LogP) is 3.98. The Morgan fingerprint density at radius 2 is 1.94 bits per heavy atom. The number of benzene rings is 1. The second-order valence-electron chi connectivity index (χ2n) is 7.47. The van der Waals surface area contributed by atoms with Crippen molar-refractivity contribution in [3.8, 4) is 16.9 Å². The molecule has 0 saturated heterocycles. The van der Waals surface area contributed by atoms with Crippen molar-refractivity contribution in [2.75, 3.05) is 29.5 Å². The maximum Gasteiger partial charge on any atom is 0.223 e. The minimum absolute atomic E-state index is 0.155. The Morgan fingerprint density at radius 1 is 1.10 bits per heavy atom. The van der Waals surface area contributed by atoms with Crippen LogP contribution in [0.3, 0.4) is 0 Å². The van der Waals surface area contributed by atoms with Crippen LogP contribution in [0.2, 0.25) is 5.15 Å². The van der Waals surface area contributed by atoms with Crippen molar-refractivity contribution in [2.24, 2.45) is 0 Å². The molecular weight excluding hydrogens is 434 g/mol. The van der Waals surface area contributed by atoms with Crippen molar-refractivity contribution < 1.29 is 4.74 Å². The van der Waals surface area contributed by atoms with Crippen LogP contribution in [0.15, 0.2) is 24.4 Å². The van der Waals surface area contributed by atoms with Crippen molar-refractivity contribution >= 4 is 50.2 Å². The van der Waals surface area contributed by atoms with Gasteiger partial charge in [0.05, 0.1) is 6.54 Å². The lowest BCUT2D eigenvalue weighted by molar-refractivity contribution is 0.329. The number of hydrogen-bond acceptors (Lipinski definition) is 9. The normalized spacial score (nSPS) is 13.7. The molecule has 0 aliphatic carbocycles. The van der Waals surface area contributed by atoms with Crippen LogP contribution in [0, 0.1) is 13.8 Å². The van der Waals surface area contributed by atoms with Gasteiger partial charge >= 0.3 is 0 Å². The molecule has 0 saturated carbocycles. The Bertz CT molecular complexity index is 1320. The lowest BCUT2D eigenvalue weighted by Crippen LogP contribution is -2.27. The fourth-order valence-corrected chi connectivity index (χ4v) is 4.69. The van der Waals surface area contributed by atoms with Crippen molar-refractivity contribution in [3.63, 3.8) is 0 Å². The van der Waals surface area contributed by atoms with Crippen molar-refractivity contribution in [3.05, 3.63) is 46.2 Å². The average Bonchev–Trinajstić information content (AvgIpc) is 2.96. The summed E-state index contributed by atoms with van der Waals surface area (Å²) in [6.45, 7) is 5.74. The van der Waals surface area contributed by atoms with E-state index in [4.69, 9.17) is 27.8 Å². The van der Waals surface area contributed by atoms with Crippen LogP contribution in [0.4, 0.5) is 16.9 Å². The van der Waals surface area contributed by atoms with E-state index in [9.17, 15) is 0 Å². The summed E-state index contributed by atoms with van der Waals surface area (Å²) in [6, 6.07) is 6.25. The van der Waals surface area contributed by atoms with E-state index in [2.05, 4.69) is 43.9 Å². The third-order valence-corrected chi connectivity index (χ3v) is 6.47.